The Morgan fingerprint density at radius 1 is 1.43 bits per heavy atom. The number of amides is 1. The number of rotatable bonds is 5. The molecule has 2 aliphatic heterocycles. The lowest BCUT2D eigenvalue weighted by Crippen LogP contribution is -2.27. The van der Waals surface area contributed by atoms with Gasteiger partial charge < -0.3 is 15.5 Å². The molecule has 0 aliphatic carbocycles. The van der Waals surface area contributed by atoms with E-state index >= 15 is 0 Å². The summed E-state index contributed by atoms with van der Waals surface area (Å²) in [4.78, 5) is 14.8. The van der Waals surface area contributed by atoms with Gasteiger partial charge in [-0.25, -0.2) is 0 Å². The first kappa shape index (κ1) is 14.7. The third-order valence-corrected chi connectivity index (χ3v) is 5.07. The van der Waals surface area contributed by atoms with Crippen LogP contribution < -0.4 is 15.5 Å². The number of benzene rings is 1. The van der Waals surface area contributed by atoms with Gasteiger partial charge in [-0.2, -0.15) is 11.8 Å². The fraction of sp³-hybridized carbons (Fsp3) is 0.562. The number of carbonyl (C=O) groups is 1. The third kappa shape index (κ3) is 3.04. The Morgan fingerprint density at radius 2 is 2.33 bits per heavy atom. The zero-order valence-corrected chi connectivity index (χ0v) is 13.4. The van der Waals surface area contributed by atoms with E-state index in [0.29, 0.717) is 0 Å². The molecule has 0 atom stereocenters. The van der Waals surface area contributed by atoms with Gasteiger partial charge in [0, 0.05) is 49.7 Å². The highest BCUT2D eigenvalue weighted by Crippen LogP contribution is 2.35. The molecule has 0 unspecified atom stereocenters. The zero-order valence-electron chi connectivity index (χ0n) is 12.6. The highest BCUT2D eigenvalue weighted by Gasteiger charge is 2.28. The summed E-state index contributed by atoms with van der Waals surface area (Å²) < 4.78 is 0. The molecular weight excluding hydrogens is 282 g/mol. The van der Waals surface area contributed by atoms with Gasteiger partial charge in [-0.15, -0.1) is 0 Å². The van der Waals surface area contributed by atoms with E-state index in [0.717, 1.165) is 56.2 Å². The highest BCUT2D eigenvalue weighted by molar-refractivity contribution is 7.99. The van der Waals surface area contributed by atoms with Crippen molar-refractivity contribution in [2.24, 2.45) is 0 Å². The highest BCUT2D eigenvalue weighted by atomic mass is 32.2. The summed E-state index contributed by atoms with van der Waals surface area (Å²) in [6.07, 6.45) is 0.996. The lowest BCUT2D eigenvalue weighted by molar-refractivity contribution is 0.0955. The summed E-state index contributed by atoms with van der Waals surface area (Å²) in [6.45, 7) is 6.90. The Labute approximate surface area is 130 Å². The Kier molecular flexibility index (Phi) is 4.70. The fourth-order valence-electron chi connectivity index (χ4n) is 3.18. The predicted octanol–water partition coefficient (Wildman–Crippen LogP) is 1.64. The van der Waals surface area contributed by atoms with E-state index in [9.17, 15) is 4.79 Å². The number of nitrogens with one attached hydrogen (secondary N) is 2. The Hall–Kier alpha value is -1.20. The van der Waals surface area contributed by atoms with Crippen LogP contribution in [0.5, 0.6) is 0 Å². The summed E-state index contributed by atoms with van der Waals surface area (Å²) in [7, 11) is 0. The van der Waals surface area contributed by atoms with Crippen molar-refractivity contribution in [3.63, 3.8) is 0 Å². The normalized spacial score (nSPS) is 16.5. The molecule has 0 radical (unpaired) electrons. The number of carbonyl (C=O) groups excluding carboxylic acids is 1. The maximum atomic E-state index is 12.4. The van der Waals surface area contributed by atoms with Gasteiger partial charge in [0.15, 0.2) is 0 Å². The molecule has 0 saturated carbocycles. The molecule has 2 N–H and O–H groups in total. The molecular formula is C16H23N3OS. The first-order chi connectivity index (χ1) is 10.3. The monoisotopic (exact) mass is 305 g/mol. The van der Waals surface area contributed by atoms with Gasteiger partial charge in [-0.05, 0) is 29.4 Å². The van der Waals surface area contributed by atoms with Crippen LogP contribution >= 0.6 is 11.8 Å². The Morgan fingerprint density at radius 3 is 3.19 bits per heavy atom. The number of hydrogen-bond donors (Lipinski definition) is 2. The lowest BCUT2D eigenvalue weighted by atomic mass is 10.00. The first-order valence-electron chi connectivity index (χ1n) is 7.77. The molecule has 0 aromatic heterocycles. The summed E-state index contributed by atoms with van der Waals surface area (Å²) in [5.41, 5.74) is 4.77. The second-order valence-corrected chi connectivity index (χ2v) is 6.86. The van der Waals surface area contributed by atoms with Gasteiger partial charge in [0.2, 0.25) is 0 Å². The molecule has 5 heteroatoms. The summed E-state index contributed by atoms with van der Waals surface area (Å²) in [6, 6.07) is 4.12. The van der Waals surface area contributed by atoms with Crippen LogP contribution in [0.3, 0.4) is 0 Å². The third-order valence-electron chi connectivity index (χ3n) is 4.17. The van der Waals surface area contributed by atoms with Crippen LogP contribution in [0.25, 0.3) is 0 Å². The zero-order chi connectivity index (χ0) is 14.7. The molecule has 2 heterocycles. The largest absolute Gasteiger partial charge is 0.369 e. The fourth-order valence-corrected chi connectivity index (χ4v) is 3.72. The van der Waals surface area contributed by atoms with Crippen LogP contribution in [-0.4, -0.2) is 43.6 Å². The molecule has 3 rings (SSSR count). The van der Waals surface area contributed by atoms with E-state index in [4.69, 9.17) is 0 Å². The van der Waals surface area contributed by atoms with Gasteiger partial charge in [0.1, 0.15) is 0 Å². The first-order valence-corrected chi connectivity index (χ1v) is 8.93. The van der Waals surface area contributed by atoms with Gasteiger partial charge in [0.05, 0.1) is 0 Å². The van der Waals surface area contributed by atoms with Gasteiger partial charge in [-0.1, -0.05) is 13.0 Å². The predicted molar refractivity (Wildman–Crippen MR) is 89.4 cm³/mol. The summed E-state index contributed by atoms with van der Waals surface area (Å²) in [5.74, 6) is 2.17. The standard InChI is InChI=1S/C16H23N3OS/c1-2-21-10-7-18-16(20)14-4-3-12-11-17-6-9-19-8-5-13(14)15(12)19/h3-4,17H,2,5-11H2,1H3,(H,18,20). The van der Waals surface area contributed by atoms with Crippen molar-refractivity contribution in [1.82, 2.24) is 10.6 Å². The minimum Gasteiger partial charge on any atom is -0.369 e. The van der Waals surface area contributed by atoms with Crippen molar-refractivity contribution in [2.75, 3.05) is 42.6 Å². The number of hydrogen-bond acceptors (Lipinski definition) is 4. The molecule has 1 amide bonds. The van der Waals surface area contributed by atoms with Crippen LogP contribution in [0.15, 0.2) is 12.1 Å². The molecule has 0 bridgehead atoms. The molecule has 21 heavy (non-hydrogen) atoms. The van der Waals surface area contributed by atoms with E-state index in [1.54, 1.807) is 0 Å². The van der Waals surface area contributed by atoms with Crippen LogP contribution in [0.2, 0.25) is 0 Å². The quantitative estimate of drug-likeness (QED) is 0.812. The van der Waals surface area contributed by atoms with Crippen molar-refractivity contribution < 1.29 is 4.79 Å². The van der Waals surface area contributed by atoms with E-state index in [1.165, 1.54) is 16.8 Å². The minimum atomic E-state index is 0.0866. The second kappa shape index (κ2) is 6.71. The van der Waals surface area contributed by atoms with Crippen molar-refractivity contribution in [3.05, 3.63) is 28.8 Å². The molecule has 1 aromatic carbocycles. The molecule has 2 aliphatic rings. The summed E-state index contributed by atoms with van der Waals surface area (Å²) in [5, 5.41) is 6.50. The molecule has 0 saturated heterocycles. The van der Waals surface area contributed by atoms with Gasteiger partial charge >= 0.3 is 0 Å². The smallest absolute Gasteiger partial charge is 0.251 e. The molecule has 0 spiro atoms. The SMILES string of the molecule is CCSCCNC(=O)c1ccc2c3c1CCN3CCNC2. The molecule has 1 aromatic rings. The van der Waals surface area contributed by atoms with E-state index < -0.39 is 0 Å². The van der Waals surface area contributed by atoms with E-state index in [-0.39, 0.29) is 5.91 Å². The Bertz CT molecular complexity index is 532. The topological polar surface area (TPSA) is 44.4 Å². The maximum Gasteiger partial charge on any atom is 0.251 e. The van der Waals surface area contributed by atoms with Crippen molar-refractivity contribution in [2.45, 2.75) is 19.9 Å². The number of thioether (sulfide) groups is 1. The van der Waals surface area contributed by atoms with Crippen LogP contribution in [0.4, 0.5) is 5.69 Å². The van der Waals surface area contributed by atoms with Gasteiger partial charge in [0.25, 0.3) is 5.91 Å². The minimum absolute atomic E-state index is 0.0866. The van der Waals surface area contributed by atoms with Gasteiger partial charge in [-0.3, -0.25) is 4.79 Å². The lowest BCUT2D eigenvalue weighted by Gasteiger charge is -2.19. The Balaban J connectivity index is 1.78. The average molecular weight is 305 g/mol. The number of nitrogens with zero attached hydrogens (tertiary/aromatic N) is 1. The molecule has 0 fully saturated rings. The van der Waals surface area contributed by atoms with E-state index in [2.05, 4.69) is 28.5 Å². The maximum absolute atomic E-state index is 12.4. The van der Waals surface area contributed by atoms with Crippen molar-refractivity contribution >= 4 is 23.4 Å². The van der Waals surface area contributed by atoms with Crippen molar-refractivity contribution in [3.8, 4) is 0 Å². The van der Waals surface area contributed by atoms with E-state index in [1.807, 2.05) is 17.8 Å². The van der Waals surface area contributed by atoms with Crippen LogP contribution in [-0.2, 0) is 13.0 Å². The van der Waals surface area contributed by atoms with Crippen molar-refractivity contribution in [1.29, 1.82) is 0 Å². The average Bonchev–Trinajstić information content (AvgIpc) is 2.80. The van der Waals surface area contributed by atoms with Crippen LogP contribution in [0, 0.1) is 0 Å². The number of anilines is 1. The molecule has 114 valence electrons. The molecule has 4 nitrogen and oxygen atoms in total. The van der Waals surface area contributed by atoms with Crippen LogP contribution in [0.1, 0.15) is 28.4 Å². The second-order valence-electron chi connectivity index (χ2n) is 5.47. The summed E-state index contributed by atoms with van der Waals surface area (Å²) >= 11 is 1.86.